The van der Waals surface area contributed by atoms with Crippen molar-refractivity contribution >= 4 is 11.9 Å². The summed E-state index contributed by atoms with van der Waals surface area (Å²) in [6.45, 7) is 0.682. The maximum atomic E-state index is 12.8. The number of hydrogen-bond donors (Lipinski definition) is 2. The highest BCUT2D eigenvalue weighted by Gasteiger charge is 2.02. The summed E-state index contributed by atoms with van der Waals surface area (Å²) in [6.07, 6.45) is 1.27. The number of aliphatic carboxylic acids is 1. The van der Waals surface area contributed by atoms with Crippen molar-refractivity contribution < 1.29 is 23.8 Å². The molecule has 1 amide bonds. The first-order chi connectivity index (χ1) is 9.58. The molecule has 2 N–H and O–H groups in total. The van der Waals surface area contributed by atoms with E-state index in [0.29, 0.717) is 38.2 Å². The summed E-state index contributed by atoms with van der Waals surface area (Å²) in [5.74, 6) is -0.938. The second kappa shape index (κ2) is 8.90. The van der Waals surface area contributed by atoms with Crippen molar-refractivity contribution in [3.05, 3.63) is 30.1 Å². The average molecular weight is 283 g/mol. The summed E-state index contributed by atoms with van der Waals surface area (Å²) in [5.41, 5.74) is 0. The van der Waals surface area contributed by atoms with Crippen molar-refractivity contribution in [1.82, 2.24) is 5.32 Å². The van der Waals surface area contributed by atoms with Crippen molar-refractivity contribution in [1.29, 1.82) is 0 Å². The molecular weight excluding hydrogens is 265 g/mol. The lowest BCUT2D eigenvalue weighted by Gasteiger charge is -2.06. The van der Waals surface area contributed by atoms with E-state index in [1.807, 2.05) is 0 Å². The van der Waals surface area contributed by atoms with Gasteiger partial charge in [0, 0.05) is 25.5 Å². The number of carboxylic acid groups (broad SMARTS) is 1. The molecule has 1 rings (SSSR count). The first-order valence-electron chi connectivity index (χ1n) is 6.45. The third-order valence-corrected chi connectivity index (χ3v) is 2.50. The minimum Gasteiger partial charge on any atom is -0.493 e. The molecule has 0 aromatic heterocycles. The Labute approximate surface area is 116 Å². The summed E-state index contributed by atoms with van der Waals surface area (Å²) >= 11 is 0. The molecule has 0 aliphatic heterocycles. The molecule has 0 saturated carbocycles. The van der Waals surface area contributed by atoms with Gasteiger partial charge in [0.2, 0.25) is 5.91 Å². The Morgan fingerprint density at radius 2 is 2.05 bits per heavy atom. The van der Waals surface area contributed by atoms with Crippen molar-refractivity contribution in [2.24, 2.45) is 0 Å². The average Bonchev–Trinajstić information content (AvgIpc) is 2.40. The van der Waals surface area contributed by atoms with Gasteiger partial charge < -0.3 is 15.2 Å². The first-order valence-corrected chi connectivity index (χ1v) is 6.45. The van der Waals surface area contributed by atoms with E-state index in [1.54, 1.807) is 12.1 Å². The van der Waals surface area contributed by atoms with Crippen molar-refractivity contribution in [3.63, 3.8) is 0 Å². The Hall–Kier alpha value is -2.11. The number of carbonyl (C=O) groups excluding carboxylic acids is 1. The zero-order chi connectivity index (χ0) is 14.8. The molecule has 110 valence electrons. The number of rotatable bonds is 9. The Bertz CT molecular complexity index is 451. The Morgan fingerprint density at radius 1 is 1.25 bits per heavy atom. The molecule has 20 heavy (non-hydrogen) atoms. The van der Waals surface area contributed by atoms with Gasteiger partial charge in [-0.1, -0.05) is 6.07 Å². The number of carbonyl (C=O) groups is 2. The lowest BCUT2D eigenvalue weighted by Crippen LogP contribution is -2.25. The molecule has 0 unspecified atom stereocenters. The number of halogens is 1. The third kappa shape index (κ3) is 7.35. The fourth-order valence-electron chi connectivity index (χ4n) is 1.54. The van der Waals surface area contributed by atoms with Crippen LogP contribution in [0.4, 0.5) is 4.39 Å². The smallest absolute Gasteiger partial charge is 0.303 e. The van der Waals surface area contributed by atoms with Gasteiger partial charge in [0.05, 0.1) is 6.61 Å². The van der Waals surface area contributed by atoms with E-state index in [2.05, 4.69) is 5.32 Å². The van der Waals surface area contributed by atoms with Gasteiger partial charge >= 0.3 is 5.97 Å². The van der Waals surface area contributed by atoms with Crippen LogP contribution < -0.4 is 10.1 Å². The summed E-state index contributed by atoms with van der Waals surface area (Å²) < 4.78 is 18.1. The van der Waals surface area contributed by atoms with E-state index in [9.17, 15) is 14.0 Å². The zero-order valence-corrected chi connectivity index (χ0v) is 11.1. The quantitative estimate of drug-likeness (QED) is 0.679. The van der Waals surface area contributed by atoms with E-state index >= 15 is 0 Å². The summed E-state index contributed by atoms with van der Waals surface area (Å²) in [5, 5.41) is 11.1. The van der Waals surface area contributed by atoms with Crippen molar-refractivity contribution in [2.75, 3.05) is 13.2 Å². The predicted molar refractivity (Wildman–Crippen MR) is 71.0 cm³/mol. The van der Waals surface area contributed by atoms with E-state index in [4.69, 9.17) is 9.84 Å². The van der Waals surface area contributed by atoms with E-state index in [1.165, 1.54) is 12.1 Å². The lowest BCUT2D eigenvalue weighted by molar-refractivity contribution is -0.137. The molecule has 6 heteroatoms. The largest absolute Gasteiger partial charge is 0.493 e. The highest BCUT2D eigenvalue weighted by atomic mass is 19.1. The molecule has 0 bridgehead atoms. The second-order valence-corrected chi connectivity index (χ2v) is 4.26. The van der Waals surface area contributed by atoms with Gasteiger partial charge in [0.15, 0.2) is 0 Å². The number of nitrogens with one attached hydrogen (secondary N) is 1. The number of amides is 1. The number of ether oxygens (including phenoxy) is 1. The number of hydrogen-bond acceptors (Lipinski definition) is 3. The normalized spacial score (nSPS) is 10.1. The second-order valence-electron chi connectivity index (χ2n) is 4.26. The fourth-order valence-corrected chi connectivity index (χ4v) is 1.54. The standard InChI is InChI=1S/C14H18FNO4/c15-11-4-1-5-12(10-11)20-9-3-6-13(17)16-8-2-7-14(18)19/h1,4-5,10H,2-3,6-9H2,(H,16,17)(H,18,19). The van der Waals surface area contributed by atoms with Crippen molar-refractivity contribution in [3.8, 4) is 5.75 Å². The molecule has 1 aromatic carbocycles. The van der Waals surface area contributed by atoms with Crippen LogP contribution in [-0.4, -0.2) is 30.1 Å². The van der Waals surface area contributed by atoms with Crippen LogP contribution in [0.5, 0.6) is 5.75 Å². The van der Waals surface area contributed by atoms with Gasteiger partial charge in [-0.25, -0.2) is 4.39 Å². The molecule has 0 atom stereocenters. The molecule has 1 aromatic rings. The first kappa shape index (κ1) is 15.9. The summed E-state index contributed by atoms with van der Waals surface area (Å²) in [6, 6.07) is 5.82. The Kier molecular flexibility index (Phi) is 7.10. The molecule has 0 aliphatic rings. The van der Waals surface area contributed by atoms with E-state index in [0.717, 1.165) is 0 Å². The molecule has 5 nitrogen and oxygen atoms in total. The highest BCUT2D eigenvalue weighted by Crippen LogP contribution is 2.12. The third-order valence-electron chi connectivity index (χ3n) is 2.50. The highest BCUT2D eigenvalue weighted by molar-refractivity contribution is 5.75. The van der Waals surface area contributed by atoms with Crippen molar-refractivity contribution in [2.45, 2.75) is 25.7 Å². The minimum absolute atomic E-state index is 0.0446. The van der Waals surface area contributed by atoms with Gasteiger partial charge in [0.25, 0.3) is 0 Å². The monoisotopic (exact) mass is 283 g/mol. The molecule has 0 fully saturated rings. The molecule has 0 aliphatic carbocycles. The lowest BCUT2D eigenvalue weighted by atomic mass is 10.3. The summed E-state index contributed by atoms with van der Waals surface area (Å²) in [4.78, 5) is 21.6. The van der Waals surface area contributed by atoms with Gasteiger partial charge in [-0.05, 0) is 25.0 Å². The Morgan fingerprint density at radius 3 is 2.75 bits per heavy atom. The predicted octanol–water partition coefficient (Wildman–Crippen LogP) is 1.97. The molecule has 0 heterocycles. The van der Waals surface area contributed by atoms with Crippen LogP contribution in [0.1, 0.15) is 25.7 Å². The molecule has 0 radical (unpaired) electrons. The maximum Gasteiger partial charge on any atom is 0.303 e. The van der Waals surface area contributed by atoms with Crippen LogP contribution in [0.2, 0.25) is 0 Å². The fraction of sp³-hybridized carbons (Fsp3) is 0.429. The molecule has 0 spiro atoms. The van der Waals surface area contributed by atoms with Gasteiger partial charge in [0.1, 0.15) is 11.6 Å². The zero-order valence-electron chi connectivity index (χ0n) is 11.1. The van der Waals surface area contributed by atoms with E-state index in [-0.39, 0.29) is 18.1 Å². The molecule has 0 saturated heterocycles. The van der Waals surface area contributed by atoms with Gasteiger partial charge in [-0.15, -0.1) is 0 Å². The van der Waals surface area contributed by atoms with Crippen LogP contribution in [0.3, 0.4) is 0 Å². The minimum atomic E-state index is -0.872. The number of carboxylic acids is 1. The topological polar surface area (TPSA) is 75.6 Å². The van der Waals surface area contributed by atoms with E-state index < -0.39 is 5.97 Å². The van der Waals surface area contributed by atoms with Crippen LogP contribution in [0, 0.1) is 5.82 Å². The Balaban J connectivity index is 2.06. The van der Waals surface area contributed by atoms with Crippen LogP contribution >= 0.6 is 0 Å². The SMILES string of the molecule is O=C(O)CCCNC(=O)CCCOc1cccc(F)c1. The maximum absolute atomic E-state index is 12.8. The molecular formula is C14H18FNO4. The number of benzene rings is 1. The van der Waals surface area contributed by atoms with Crippen LogP contribution in [0.25, 0.3) is 0 Å². The van der Waals surface area contributed by atoms with Gasteiger partial charge in [-0.3, -0.25) is 9.59 Å². The van der Waals surface area contributed by atoms with Crippen LogP contribution in [0.15, 0.2) is 24.3 Å². The van der Waals surface area contributed by atoms with Crippen LogP contribution in [-0.2, 0) is 9.59 Å². The summed E-state index contributed by atoms with van der Waals surface area (Å²) in [7, 11) is 0. The van der Waals surface area contributed by atoms with Gasteiger partial charge in [-0.2, -0.15) is 0 Å².